The van der Waals surface area contributed by atoms with Crippen molar-refractivity contribution in [2.24, 2.45) is 5.73 Å². The first kappa shape index (κ1) is 17.8. The van der Waals surface area contributed by atoms with E-state index < -0.39 is 11.9 Å². The van der Waals surface area contributed by atoms with Crippen molar-refractivity contribution in [2.75, 3.05) is 12.4 Å². The average Bonchev–Trinajstić information content (AvgIpc) is 2.85. The highest BCUT2D eigenvalue weighted by atomic mass is 35.5. The molecule has 0 spiro atoms. The van der Waals surface area contributed by atoms with Crippen LogP contribution in [0.1, 0.15) is 12.8 Å². The zero-order valence-corrected chi connectivity index (χ0v) is 15.3. The second-order valence-corrected chi connectivity index (χ2v) is 7.64. The Bertz CT molecular complexity index is 762. The fraction of sp³-hybridized carbons (Fsp3) is 0.294. The Labute approximate surface area is 155 Å². The number of hydrogen-bond acceptors (Lipinski definition) is 4. The van der Waals surface area contributed by atoms with Gasteiger partial charge in [-0.2, -0.15) is 0 Å². The second kappa shape index (κ2) is 7.11. The molecule has 6 nitrogen and oxygen atoms in total. The minimum atomic E-state index is -0.583. The van der Waals surface area contributed by atoms with Crippen LogP contribution in [-0.4, -0.2) is 35.3 Å². The third kappa shape index (κ3) is 3.68. The van der Waals surface area contributed by atoms with E-state index in [4.69, 9.17) is 17.3 Å². The number of primary amides is 1. The molecule has 0 aromatic heterocycles. The molecule has 0 saturated carbocycles. The van der Waals surface area contributed by atoms with Crippen LogP contribution in [0.15, 0.2) is 47.0 Å². The highest BCUT2D eigenvalue weighted by Gasteiger charge is 2.40. The molecule has 1 aromatic carbocycles. The van der Waals surface area contributed by atoms with E-state index in [9.17, 15) is 9.59 Å². The van der Waals surface area contributed by atoms with E-state index in [1.807, 2.05) is 7.05 Å². The Morgan fingerprint density at radius 3 is 2.60 bits per heavy atom. The Morgan fingerprint density at radius 1 is 1.28 bits per heavy atom. The Morgan fingerprint density at radius 2 is 1.96 bits per heavy atom. The summed E-state index contributed by atoms with van der Waals surface area (Å²) < 4.78 is 0. The highest BCUT2D eigenvalue weighted by Crippen LogP contribution is 2.43. The zero-order chi connectivity index (χ0) is 18.1. The van der Waals surface area contributed by atoms with Gasteiger partial charge in [-0.1, -0.05) is 29.9 Å². The predicted octanol–water partition coefficient (Wildman–Crippen LogP) is 2.88. The SMILES string of the molecule is C=C1C(C(N)=O)=C(NC(=O)Nc2ccc(Cl)cc2)S[C@@H]2CCC1N2C. The minimum Gasteiger partial charge on any atom is -0.366 e. The van der Waals surface area contributed by atoms with Gasteiger partial charge in [0.15, 0.2) is 0 Å². The molecule has 4 N–H and O–H groups in total. The van der Waals surface area contributed by atoms with Crippen molar-refractivity contribution in [3.63, 3.8) is 0 Å². The van der Waals surface area contributed by atoms with Gasteiger partial charge in [0.2, 0.25) is 0 Å². The number of likely N-dealkylation sites (N-methyl/N-ethyl adjacent to an activating group) is 1. The van der Waals surface area contributed by atoms with E-state index in [0.717, 1.165) is 12.8 Å². The van der Waals surface area contributed by atoms with Gasteiger partial charge in [0.25, 0.3) is 5.91 Å². The summed E-state index contributed by atoms with van der Waals surface area (Å²) in [6, 6.07) is 6.37. The van der Waals surface area contributed by atoms with Gasteiger partial charge in [0.1, 0.15) is 0 Å². The quantitative estimate of drug-likeness (QED) is 0.754. The molecule has 0 radical (unpaired) electrons. The number of fused-ring (bicyclic) bond motifs is 2. The molecule has 3 amide bonds. The van der Waals surface area contributed by atoms with E-state index in [1.54, 1.807) is 24.3 Å². The summed E-state index contributed by atoms with van der Waals surface area (Å²) in [5.74, 6) is -0.583. The van der Waals surface area contributed by atoms with Crippen LogP contribution in [0, 0.1) is 0 Å². The van der Waals surface area contributed by atoms with Gasteiger partial charge in [0, 0.05) is 16.8 Å². The molecule has 2 bridgehead atoms. The molecule has 8 heteroatoms. The molecule has 25 heavy (non-hydrogen) atoms. The Balaban J connectivity index is 1.82. The number of nitrogens with two attached hydrogens (primary N) is 1. The number of rotatable bonds is 3. The number of urea groups is 1. The van der Waals surface area contributed by atoms with Crippen LogP contribution in [0.3, 0.4) is 0 Å². The smallest absolute Gasteiger partial charge is 0.324 e. The zero-order valence-electron chi connectivity index (χ0n) is 13.7. The highest BCUT2D eigenvalue weighted by molar-refractivity contribution is 8.03. The van der Waals surface area contributed by atoms with Gasteiger partial charge in [-0.15, -0.1) is 0 Å². The van der Waals surface area contributed by atoms with Gasteiger partial charge < -0.3 is 16.4 Å². The van der Waals surface area contributed by atoms with Crippen LogP contribution in [0.4, 0.5) is 10.5 Å². The van der Waals surface area contributed by atoms with Crippen LogP contribution < -0.4 is 16.4 Å². The third-order valence-electron chi connectivity index (χ3n) is 4.41. The molecule has 132 valence electrons. The number of carbonyl (C=O) groups excluding carboxylic acids is 2. The molecular weight excluding hydrogens is 360 g/mol. The topological polar surface area (TPSA) is 87.5 Å². The Hall–Kier alpha value is -1.96. The lowest BCUT2D eigenvalue weighted by Crippen LogP contribution is -2.32. The van der Waals surface area contributed by atoms with Gasteiger partial charge in [-0.25, -0.2) is 4.79 Å². The van der Waals surface area contributed by atoms with Crippen molar-refractivity contribution >= 4 is 41.0 Å². The van der Waals surface area contributed by atoms with Crippen LogP contribution >= 0.6 is 23.4 Å². The number of nitrogens with zero attached hydrogens (tertiary/aromatic N) is 1. The van der Waals surface area contributed by atoms with Crippen molar-refractivity contribution in [3.8, 4) is 0 Å². The molecule has 2 atom stereocenters. The van der Waals surface area contributed by atoms with Gasteiger partial charge in [0.05, 0.1) is 16.0 Å². The average molecular weight is 379 g/mol. The maximum atomic E-state index is 12.3. The first-order valence-corrected chi connectivity index (χ1v) is 9.08. The number of amides is 3. The third-order valence-corrected chi connectivity index (χ3v) is 6.05. The molecule has 0 aliphatic carbocycles. The summed E-state index contributed by atoms with van der Waals surface area (Å²) in [5.41, 5.74) is 7.12. The fourth-order valence-corrected chi connectivity index (χ4v) is 4.61. The van der Waals surface area contributed by atoms with Crippen molar-refractivity contribution < 1.29 is 9.59 Å². The number of halogens is 1. The van der Waals surface area contributed by atoms with Crippen LogP contribution in [0.5, 0.6) is 0 Å². The molecule has 2 aliphatic heterocycles. The fourth-order valence-electron chi connectivity index (χ4n) is 3.14. The van der Waals surface area contributed by atoms with Crippen LogP contribution in [0.2, 0.25) is 5.02 Å². The monoisotopic (exact) mass is 378 g/mol. The van der Waals surface area contributed by atoms with E-state index in [-0.39, 0.29) is 11.4 Å². The van der Waals surface area contributed by atoms with E-state index >= 15 is 0 Å². The molecule has 3 rings (SSSR count). The first-order valence-electron chi connectivity index (χ1n) is 7.82. The lowest BCUT2D eigenvalue weighted by molar-refractivity contribution is -0.114. The molecule has 1 aromatic rings. The largest absolute Gasteiger partial charge is 0.366 e. The number of nitrogens with one attached hydrogen (secondary N) is 2. The van der Waals surface area contributed by atoms with E-state index in [1.165, 1.54) is 11.8 Å². The molecule has 1 unspecified atom stereocenters. The lowest BCUT2D eigenvalue weighted by Gasteiger charge is -2.23. The minimum absolute atomic E-state index is 0.0682. The summed E-state index contributed by atoms with van der Waals surface area (Å²) in [6.07, 6.45) is 1.88. The normalized spacial score (nSPS) is 23.4. The second-order valence-electron chi connectivity index (χ2n) is 6.01. The number of anilines is 1. The Kier molecular flexibility index (Phi) is 5.08. The molecule has 2 aliphatic rings. The summed E-state index contributed by atoms with van der Waals surface area (Å²) in [6.45, 7) is 4.06. The van der Waals surface area contributed by atoms with E-state index in [2.05, 4.69) is 22.1 Å². The summed E-state index contributed by atoms with van der Waals surface area (Å²) >= 11 is 7.27. The van der Waals surface area contributed by atoms with Crippen LogP contribution in [0.25, 0.3) is 0 Å². The maximum absolute atomic E-state index is 12.3. The van der Waals surface area contributed by atoms with Crippen molar-refractivity contribution in [3.05, 3.63) is 52.0 Å². The summed E-state index contributed by atoms with van der Waals surface area (Å²) in [7, 11) is 2.00. The van der Waals surface area contributed by atoms with Gasteiger partial charge in [-0.3, -0.25) is 9.69 Å². The van der Waals surface area contributed by atoms with Gasteiger partial charge in [-0.05, 0) is 49.7 Å². The predicted molar refractivity (Wildman–Crippen MR) is 101 cm³/mol. The number of thioether (sulfide) groups is 1. The molecular formula is C17H19ClN4O2S. The number of carbonyl (C=O) groups is 2. The standard InChI is InChI=1S/C17H19ClN4O2S/c1-9-12-7-8-13(22(12)2)25-16(14(9)15(19)23)21-17(24)20-11-5-3-10(18)4-6-11/h3-6,12-13H,1,7-8H2,2H3,(H2,19,23)(H2,20,21,24)/t12?,13-/m1/s1. The maximum Gasteiger partial charge on any atom is 0.324 e. The summed E-state index contributed by atoms with van der Waals surface area (Å²) in [5, 5.41) is 6.68. The lowest BCUT2D eigenvalue weighted by atomic mass is 9.98. The first-order chi connectivity index (χ1) is 11.9. The number of benzene rings is 1. The van der Waals surface area contributed by atoms with Gasteiger partial charge >= 0.3 is 6.03 Å². The molecule has 1 fully saturated rings. The van der Waals surface area contributed by atoms with Crippen molar-refractivity contribution in [2.45, 2.75) is 24.3 Å². The molecule has 2 heterocycles. The van der Waals surface area contributed by atoms with Crippen molar-refractivity contribution in [1.29, 1.82) is 0 Å². The molecule has 1 saturated heterocycles. The van der Waals surface area contributed by atoms with E-state index in [0.29, 0.717) is 26.9 Å². The van der Waals surface area contributed by atoms with Crippen molar-refractivity contribution in [1.82, 2.24) is 10.2 Å². The van der Waals surface area contributed by atoms with Crippen LogP contribution in [-0.2, 0) is 4.79 Å². The number of hydrogen-bond donors (Lipinski definition) is 3. The summed E-state index contributed by atoms with van der Waals surface area (Å²) in [4.78, 5) is 26.5.